The van der Waals surface area contributed by atoms with E-state index < -0.39 is 16.0 Å². The molecular weight excluding hydrogens is 330 g/mol. The Kier molecular flexibility index (Phi) is 5.28. The second kappa shape index (κ2) is 7.04. The molecule has 0 fully saturated rings. The van der Waals surface area contributed by atoms with Gasteiger partial charge in [0.1, 0.15) is 5.56 Å². The van der Waals surface area contributed by atoms with Crippen LogP contribution >= 0.6 is 0 Å². The van der Waals surface area contributed by atoms with E-state index in [1.165, 1.54) is 0 Å². The van der Waals surface area contributed by atoms with E-state index >= 15 is 0 Å². The van der Waals surface area contributed by atoms with Crippen LogP contribution in [0.3, 0.4) is 0 Å². The van der Waals surface area contributed by atoms with Crippen LogP contribution in [0, 0.1) is 6.92 Å². The van der Waals surface area contributed by atoms with E-state index in [-0.39, 0.29) is 17.2 Å². The zero-order valence-electron chi connectivity index (χ0n) is 14.1. The Morgan fingerprint density at radius 3 is 2.46 bits per heavy atom. The monoisotopic (exact) mass is 351 g/mol. The number of nitrogens with zero attached hydrogens (tertiary/aromatic N) is 1. The maximum Gasteiger partial charge on any atom is 0.343 e. The number of anilines is 1. The number of hydrogen-bond donors (Lipinski definition) is 2. The summed E-state index contributed by atoms with van der Waals surface area (Å²) in [4.78, 5) is 12.0. The number of aromatic nitrogens is 2. The van der Waals surface area contributed by atoms with E-state index in [1.807, 2.05) is 12.1 Å². The molecule has 0 atom stereocenters. The van der Waals surface area contributed by atoms with Gasteiger partial charge in [-0.1, -0.05) is 26.0 Å². The minimum Gasteiger partial charge on any atom is -0.462 e. The highest BCUT2D eigenvalue weighted by Gasteiger charge is 2.29. The van der Waals surface area contributed by atoms with E-state index in [0.717, 1.165) is 5.56 Å². The van der Waals surface area contributed by atoms with E-state index in [9.17, 15) is 13.2 Å². The molecule has 8 heteroatoms. The predicted octanol–water partition coefficient (Wildman–Crippen LogP) is 2.82. The Morgan fingerprint density at radius 2 is 1.92 bits per heavy atom. The Labute approximate surface area is 141 Å². The van der Waals surface area contributed by atoms with Crippen molar-refractivity contribution in [3.63, 3.8) is 0 Å². The molecule has 0 radical (unpaired) electrons. The summed E-state index contributed by atoms with van der Waals surface area (Å²) in [6.45, 7) is 7.47. The Morgan fingerprint density at radius 1 is 1.29 bits per heavy atom. The topological polar surface area (TPSA) is 101 Å². The Hall–Kier alpha value is -2.35. The lowest BCUT2D eigenvalue weighted by Crippen LogP contribution is -2.18. The summed E-state index contributed by atoms with van der Waals surface area (Å²) in [5.41, 5.74) is 1.75. The minimum absolute atomic E-state index is 0.0804. The third-order valence-electron chi connectivity index (χ3n) is 3.48. The summed E-state index contributed by atoms with van der Waals surface area (Å²) < 4.78 is 32.5. The standard InChI is InChI=1S/C16H21N3O4S/c1-5-23-16(20)14-11(4)17-18-15(14)24(21,22)19-13-8-6-12(7-9-13)10(2)3/h6-10,19H,5H2,1-4H3,(H,17,18). The highest BCUT2D eigenvalue weighted by molar-refractivity contribution is 7.92. The van der Waals surface area contributed by atoms with Crippen LogP contribution in [0.2, 0.25) is 0 Å². The van der Waals surface area contributed by atoms with E-state index in [1.54, 1.807) is 26.0 Å². The van der Waals surface area contributed by atoms with Crippen LogP contribution in [0.25, 0.3) is 0 Å². The Bertz CT molecular complexity index is 824. The van der Waals surface area contributed by atoms with Crippen LogP contribution < -0.4 is 4.72 Å². The first-order valence-electron chi connectivity index (χ1n) is 7.61. The van der Waals surface area contributed by atoms with Gasteiger partial charge in [-0.3, -0.25) is 9.82 Å². The van der Waals surface area contributed by atoms with Crippen LogP contribution in [-0.2, 0) is 14.8 Å². The molecule has 130 valence electrons. The lowest BCUT2D eigenvalue weighted by molar-refractivity contribution is 0.0521. The summed E-state index contributed by atoms with van der Waals surface area (Å²) >= 11 is 0. The van der Waals surface area contributed by atoms with Gasteiger partial charge < -0.3 is 4.74 Å². The number of H-pyrrole nitrogens is 1. The van der Waals surface area contributed by atoms with Crippen LogP contribution in [0.15, 0.2) is 29.3 Å². The molecule has 0 spiro atoms. The molecule has 7 nitrogen and oxygen atoms in total. The third-order valence-corrected chi connectivity index (χ3v) is 4.79. The number of esters is 1. The van der Waals surface area contributed by atoms with Crippen LogP contribution in [0.4, 0.5) is 5.69 Å². The lowest BCUT2D eigenvalue weighted by atomic mass is 10.0. The summed E-state index contributed by atoms with van der Waals surface area (Å²) in [6, 6.07) is 7.06. The molecule has 0 unspecified atom stereocenters. The molecule has 0 amide bonds. The van der Waals surface area contributed by atoms with Gasteiger partial charge in [-0.2, -0.15) is 13.5 Å². The molecule has 0 bridgehead atoms. The van der Waals surface area contributed by atoms with Gasteiger partial charge in [0.05, 0.1) is 6.61 Å². The van der Waals surface area contributed by atoms with Gasteiger partial charge >= 0.3 is 5.97 Å². The second-order valence-electron chi connectivity index (χ2n) is 5.63. The number of sulfonamides is 1. The van der Waals surface area contributed by atoms with E-state index in [4.69, 9.17) is 4.74 Å². The fraction of sp³-hybridized carbons (Fsp3) is 0.375. The maximum absolute atomic E-state index is 12.6. The average molecular weight is 351 g/mol. The quantitative estimate of drug-likeness (QED) is 0.779. The largest absolute Gasteiger partial charge is 0.462 e. The molecule has 0 saturated heterocycles. The smallest absolute Gasteiger partial charge is 0.343 e. The molecule has 1 aromatic heterocycles. The normalized spacial score (nSPS) is 11.5. The van der Waals surface area contributed by atoms with Gasteiger partial charge in [-0.05, 0) is 37.5 Å². The number of rotatable bonds is 6. The van der Waals surface area contributed by atoms with Gasteiger partial charge in [-0.15, -0.1) is 0 Å². The molecule has 0 aliphatic heterocycles. The van der Waals surface area contributed by atoms with Gasteiger partial charge in [0.25, 0.3) is 10.0 Å². The highest BCUT2D eigenvalue weighted by atomic mass is 32.2. The number of carbonyl (C=O) groups excluding carboxylic acids is 1. The van der Waals surface area contributed by atoms with Crippen LogP contribution in [0.5, 0.6) is 0 Å². The van der Waals surface area contributed by atoms with E-state index in [0.29, 0.717) is 17.3 Å². The summed E-state index contributed by atoms with van der Waals surface area (Å²) in [5.74, 6) is -0.376. The molecule has 0 aliphatic rings. The van der Waals surface area contributed by atoms with Crippen LogP contribution in [0.1, 0.15) is 48.3 Å². The van der Waals surface area contributed by atoms with Crippen molar-refractivity contribution in [2.45, 2.75) is 38.6 Å². The predicted molar refractivity (Wildman–Crippen MR) is 90.6 cm³/mol. The molecular formula is C16H21N3O4S. The molecule has 1 heterocycles. The molecule has 0 aliphatic carbocycles. The first kappa shape index (κ1) is 18.0. The maximum atomic E-state index is 12.6. The second-order valence-corrected chi connectivity index (χ2v) is 7.23. The van der Waals surface area contributed by atoms with Crippen molar-refractivity contribution in [2.75, 3.05) is 11.3 Å². The number of aromatic amines is 1. The van der Waals surface area contributed by atoms with Crippen molar-refractivity contribution in [1.82, 2.24) is 10.2 Å². The van der Waals surface area contributed by atoms with Crippen molar-refractivity contribution >= 4 is 21.7 Å². The van der Waals surface area contributed by atoms with Gasteiger partial charge in [-0.25, -0.2) is 4.79 Å². The SMILES string of the molecule is CCOC(=O)c1c(S(=O)(=O)Nc2ccc(C(C)C)cc2)n[nH]c1C. The van der Waals surface area contributed by atoms with E-state index in [2.05, 4.69) is 28.8 Å². The number of hydrogen-bond acceptors (Lipinski definition) is 5. The van der Waals surface area contributed by atoms with Gasteiger partial charge in [0, 0.05) is 11.4 Å². The van der Waals surface area contributed by atoms with Gasteiger partial charge in [0.15, 0.2) is 0 Å². The Balaban J connectivity index is 2.33. The molecule has 0 saturated carbocycles. The van der Waals surface area contributed by atoms with Crippen molar-refractivity contribution < 1.29 is 17.9 Å². The van der Waals surface area contributed by atoms with Crippen molar-refractivity contribution in [3.05, 3.63) is 41.1 Å². The molecule has 2 N–H and O–H groups in total. The molecule has 24 heavy (non-hydrogen) atoms. The zero-order valence-corrected chi connectivity index (χ0v) is 14.9. The first-order valence-corrected chi connectivity index (χ1v) is 9.09. The van der Waals surface area contributed by atoms with Crippen molar-refractivity contribution in [2.24, 2.45) is 0 Å². The number of nitrogens with one attached hydrogen (secondary N) is 2. The number of aryl methyl sites for hydroxylation is 1. The summed E-state index contributed by atoms with van der Waals surface area (Å²) in [5, 5.41) is 5.91. The molecule has 2 rings (SSSR count). The molecule has 1 aromatic carbocycles. The number of benzene rings is 1. The summed E-state index contributed by atoms with van der Waals surface area (Å²) in [6.07, 6.45) is 0. The minimum atomic E-state index is -4.01. The summed E-state index contributed by atoms with van der Waals surface area (Å²) in [7, 11) is -4.01. The lowest BCUT2D eigenvalue weighted by Gasteiger charge is -2.10. The van der Waals surface area contributed by atoms with Gasteiger partial charge in [0.2, 0.25) is 5.03 Å². The number of carbonyl (C=O) groups is 1. The zero-order chi connectivity index (χ0) is 17.9. The van der Waals surface area contributed by atoms with Crippen molar-refractivity contribution in [1.29, 1.82) is 0 Å². The first-order chi connectivity index (χ1) is 11.3. The van der Waals surface area contributed by atoms with Crippen molar-refractivity contribution in [3.8, 4) is 0 Å². The fourth-order valence-electron chi connectivity index (χ4n) is 2.18. The molecule has 2 aromatic rings. The third kappa shape index (κ3) is 3.76. The fourth-order valence-corrected chi connectivity index (χ4v) is 3.40. The number of ether oxygens (including phenoxy) is 1. The van der Waals surface area contributed by atoms with Crippen LogP contribution in [-0.4, -0.2) is 31.2 Å². The highest BCUT2D eigenvalue weighted by Crippen LogP contribution is 2.22. The average Bonchev–Trinajstić information content (AvgIpc) is 2.90.